The van der Waals surface area contributed by atoms with Crippen LogP contribution >= 0.6 is 0 Å². The molecule has 0 spiro atoms. The van der Waals surface area contributed by atoms with Crippen LogP contribution in [0.5, 0.6) is 5.75 Å². The summed E-state index contributed by atoms with van der Waals surface area (Å²) in [4.78, 5) is 2.85. The topological polar surface area (TPSA) is 24.5 Å². The third kappa shape index (κ3) is 4.17. The van der Waals surface area contributed by atoms with Gasteiger partial charge >= 0.3 is 0 Å². The van der Waals surface area contributed by atoms with E-state index in [1.807, 2.05) is 0 Å². The third-order valence-electron chi connectivity index (χ3n) is 8.87. The lowest BCUT2D eigenvalue weighted by Crippen LogP contribution is -2.69. The molecule has 3 aromatic rings. The van der Waals surface area contributed by atoms with Gasteiger partial charge in [-0.15, -0.1) is 0 Å². The summed E-state index contributed by atoms with van der Waals surface area (Å²) in [6.07, 6.45) is 5.23. The van der Waals surface area contributed by atoms with Gasteiger partial charge < -0.3 is 10.1 Å². The fourth-order valence-corrected chi connectivity index (χ4v) is 7.53. The number of nitrogens with one attached hydrogen (secondary N) is 1. The molecule has 0 aromatic heterocycles. The van der Waals surface area contributed by atoms with Gasteiger partial charge in [-0.1, -0.05) is 67.1 Å². The van der Waals surface area contributed by atoms with Crippen LogP contribution < -0.4 is 10.1 Å². The van der Waals surface area contributed by atoms with Crippen molar-refractivity contribution in [3.05, 3.63) is 101 Å². The van der Waals surface area contributed by atoms with Gasteiger partial charge in [0.2, 0.25) is 0 Å². The summed E-state index contributed by atoms with van der Waals surface area (Å²) in [5, 5.41) is 3.97. The Balaban J connectivity index is 1.40. The van der Waals surface area contributed by atoms with Gasteiger partial charge in [-0.25, -0.2) is 4.39 Å². The van der Waals surface area contributed by atoms with E-state index in [1.165, 1.54) is 49.4 Å². The molecule has 35 heavy (non-hydrogen) atoms. The van der Waals surface area contributed by atoms with Gasteiger partial charge in [0.15, 0.2) is 0 Å². The van der Waals surface area contributed by atoms with E-state index in [1.54, 1.807) is 19.2 Å². The van der Waals surface area contributed by atoms with Crippen molar-refractivity contribution in [1.82, 2.24) is 10.2 Å². The molecule has 7 rings (SSSR count). The quantitative estimate of drug-likeness (QED) is 0.459. The van der Waals surface area contributed by atoms with Crippen molar-refractivity contribution in [1.29, 1.82) is 0 Å². The summed E-state index contributed by atoms with van der Waals surface area (Å²) in [6, 6.07) is 28.3. The molecule has 3 aromatic carbocycles. The predicted molar refractivity (Wildman–Crippen MR) is 138 cm³/mol. The molecule has 3 aliphatic heterocycles. The standard InChI is InChI=1S/C31H35FN2O/c1-35-28-16-15-24(32)19-23(28)20-33-30-26-17-18-34(27-14-8-13-25(26)27)31(30)29(21-9-4-2-5-10-21)22-11-6-3-7-12-22/h2-7,9-12,15-16,19,25-27,29-31,33H,8,13-14,17-18,20H2,1H3. The second-order valence-corrected chi connectivity index (χ2v) is 10.5. The first-order valence-electron chi connectivity index (χ1n) is 13.2. The first-order chi connectivity index (χ1) is 17.2. The average Bonchev–Trinajstić information content (AvgIpc) is 3.41. The summed E-state index contributed by atoms with van der Waals surface area (Å²) < 4.78 is 19.7. The van der Waals surface area contributed by atoms with Crippen molar-refractivity contribution in [2.75, 3.05) is 13.7 Å². The number of halogens is 1. The minimum Gasteiger partial charge on any atom is -0.496 e. The first kappa shape index (κ1) is 22.8. The number of hydrogen-bond donors (Lipinski definition) is 1. The van der Waals surface area contributed by atoms with Gasteiger partial charge in [-0.2, -0.15) is 0 Å². The SMILES string of the molecule is COc1ccc(F)cc1CNC1C2CCN(C3CCCC23)C1C(c1ccccc1)c1ccccc1. The molecule has 4 aliphatic rings. The number of benzene rings is 3. The monoisotopic (exact) mass is 470 g/mol. The Kier molecular flexibility index (Phi) is 6.34. The van der Waals surface area contributed by atoms with Crippen LogP contribution in [0.4, 0.5) is 4.39 Å². The molecule has 1 saturated carbocycles. The lowest BCUT2D eigenvalue weighted by atomic mass is 9.64. The number of nitrogens with zero attached hydrogens (tertiary/aromatic N) is 1. The highest BCUT2D eigenvalue weighted by Crippen LogP contribution is 2.52. The predicted octanol–water partition coefficient (Wildman–Crippen LogP) is 6.00. The Morgan fingerprint density at radius 1 is 0.914 bits per heavy atom. The zero-order valence-electron chi connectivity index (χ0n) is 20.4. The molecule has 3 nitrogen and oxygen atoms in total. The molecule has 3 heterocycles. The van der Waals surface area contributed by atoms with Crippen LogP contribution in [-0.2, 0) is 6.54 Å². The minimum atomic E-state index is -0.213. The first-order valence-corrected chi connectivity index (χ1v) is 13.2. The average molecular weight is 471 g/mol. The van der Waals surface area contributed by atoms with E-state index >= 15 is 0 Å². The van der Waals surface area contributed by atoms with E-state index in [0.29, 0.717) is 30.6 Å². The van der Waals surface area contributed by atoms with Crippen molar-refractivity contribution in [2.45, 2.75) is 56.3 Å². The van der Waals surface area contributed by atoms with Crippen molar-refractivity contribution < 1.29 is 9.13 Å². The molecule has 0 radical (unpaired) electrons. The minimum absolute atomic E-state index is 0.213. The molecular formula is C31H35FN2O. The second kappa shape index (κ2) is 9.75. The third-order valence-corrected chi connectivity index (χ3v) is 8.87. The number of hydrogen-bond acceptors (Lipinski definition) is 3. The van der Waals surface area contributed by atoms with Crippen molar-refractivity contribution in [3.63, 3.8) is 0 Å². The van der Waals surface area contributed by atoms with Crippen molar-refractivity contribution in [3.8, 4) is 5.75 Å². The largest absolute Gasteiger partial charge is 0.496 e. The van der Waals surface area contributed by atoms with Gasteiger partial charge in [0.25, 0.3) is 0 Å². The van der Waals surface area contributed by atoms with E-state index < -0.39 is 0 Å². The van der Waals surface area contributed by atoms with Gasteiger partial charge in [0.1, 0.15) is 11.6 Å². The van der Waals surface area contributed by atoms with E-state index in [-0.39, 0.29) is 11.7 Å². The van der Waals surface area contributed by atoms with Gasteiger partial charge in [0, 0.05) is 36.2 Å². The van der Waals surface area contributed by atoms with E-state index in [4.69, 9.17) is 4.74 Å². The summed E-state index contributed by atoms with van der Waals surface area (Å²) in [6.45, 7) is 1.79. The van der Waals surface area contributed by atoms with Crippen LogP contribution in [0.15, 0.2) is 78.9 Å². The van der Waals surface area contributed by atoms with Crippen LogP contribution in [-0.4, -0.2) is 36.7 Å². The molecule has 4 fully saturated rings. The maximum absolute atomic E-state index is 14.1. The van der Waals surface area contributed by atoms with E-state index in [2.05, 4.69) is 70.9 Å². The van der Waals surface area contributed by atoms with Gasteiger partial charge in [-0.05, 0) is 67.0 Å². The number of ether oxygens (including phenoxy) is 1. The molecule has 1 aliphatic carbocycles. The van der Waals surface area contributed by atoms with E-state index in [0.717, 1.165) is 17.2 Å². The smallest absolute Gasteiger partial charge is 0.123 e. The maximum Gasteiger partial charge on any atom is 0.123 e. The summed E-state index contributed by atoms with van der Waals surface area (Å²) >= 11 is 0. The Bertz CT molecular complexity index is 1100. The highest BCUT2D eigenvalue weighted by Gasteiger charge is 2.55. The van der Waals surface area contributed by atoms with Crippen molar-refractivity contribution in [2.24, 2.45) is 11.8 Å². The molecular weight excluding hydrogens is 435 g/mol. The fourth-order valence-electron chi connectivity index (χ4n) is 7.53. The van der Waals surface area contributed by atoms with Crippen LogP contribution in [0.2, 0.25) is 0 Å². The van der Waals surface area contributed by atoms with E-state index in [9.17, 15) is 4.39 Å². The lowest BCUT2D eigenvalue weighted by Gasteiger charge is -2.60. The fraction of sp³-hybridized carbons (Fsp3) is 0.419. The lowest BCUT2D eigenvalue weighted by molar-refractivity contribution is -0.0706. The number of methoxy groups -OCH3 is 1. The Morgan fingerprint density at radius 3 is 2.31 bits per heavy atom. The molecule has 4 heteroatoms. The molecule has 182 valence electrons. The molecule has 1 N–H and O–H groups in total. The Labute approximate surface area is 208 Å². The van der Waals surface area contributed by atoms with Gasteiger partial charge in [-0.3, -0.25) is 4.90 Å². The van der Waals surface area contributed by atoms with Crippen LogP contribution in [0.25, 0.3) is 0 Å². The number of rotatable bonds is 7. The molecule has 3 saturated heterocycles. The molecule has 2 bridgehead atoms. The van der Waals surface area contributed by atoms with Crippen LogP contribution in [0.3, 0.4) is 0 Å². The number of fused-ring (bicyclic) bond motifs is 2. The maximum atomic E-state index is 14.1. The number of piperidine rings is 3. The van der Waals surface area contributed by atoms with Crippen LogP contribution in [0.1, 0.15) is 48.3 Å². The summed E-state index contributed by atoms with van der Waals surface area (Å²) in [7, 11) is 1.66. The summed E-state index contributed by atoms with van der Waals surface area (Å²) in [5.74, 6) is 2.23. The zero-order chi connectivity index (χ0) is 23.8. The summed E-state index contributed by atoms with van der Waals surface area (Å²) in [5.41, 5.74) is 3.64. The Morgan fingerprint density at radius 2 is 1.63 bits per heavy atom. The highest BCUT2D eigenvalue weighted by atomic mass is 19.1. The molecule has 6 unspecified atom stereocenters. The second-order valence-electron chi connectivity index (χ2n) is 10.5. The molecule has 6 atom stereocenters. The van der Waals surface area contributed by atoms with Crippen LogP contribution in [0, 0.1) is 17.7 Å². The highest BCUT2D eigenvalue weighted by molar-refractivity contribution is 5.37. The van der Waals surface area contributed by atoms with Gasteiger partial charge in [0.05, 0.1) is 7.11 Å². The van der Waals surface area contributed by atoms with Crippen molar-refractivity contribution >= 4 is 0 Å². The zero-order valence-corrected chi connectivity index (χ0v) is 20.4. The molecule has 0 amide bonds. The normalized spacial score (nSPS) is 29.3. The Hall–Kier alpha value is -2.69.